The van der Waals surface area contributed by atoms with Crippen LogP contribution in [0, 0.1) is 0 Å². The molecule has 0 saturated heterocycles. The van der Waals surface area contributed by atoms with E-state index in [1.165, 1.54) is 13.2 Å². The summed E-state index contributed by atoms with van der Waals surface area (Å²) in [4.78, 5) is 10.7. The summed E-state index contributed by atoms with van der Waals surface area (Å²) >= 11 is 0. The van der Waals surface area contributed by atoms with Crippen LogP contribution < -0.4 is 0 Å². The van der Waals surface area contributed by atoms with Gasteiger partial charge in [0.1, 0.15) is 11.5 Å². The number of methoxy groups -OCH3 is 1. The SMILES string of the molecule is C=C/C(OC(C)(C)OC)=C(/C=O)C(=C)O. The van der Waals surface area contributed by atoms with Crippen molar-refractivity contribution >= 4 is 6.29 Å². The predicted octanol–water partition coefficient (Wildman–Crippen LogP) is 2.10. The van der Waals surface area contributed by atoms with Gasteiger partial charge in [0.2, 0.25) is 5.79 Å². The molecule has 15 heavy (non-hydrogen) atoms. The van der Waals surface area contributed by atoms with Crippen LogP contribution in [0.15, 0.2) is 36.3 Å². The molecule has 0 spiro atoms. The summed E-state index contributed by atoms with van der Waals surface area (Å²) in [6, 6.07) is 0. The van der Waals surface area contributed by atoms with Crippen molar-refractivity contribution in [3.8, 4) is 0 Å². The highest BCUT2D eigenvalue weighted by molar-refractivity contribution is 5.80. The number of aliphatic hydroxyl groups excluding tert-OH is 1. The molecule has 0 aromatic rings. The van der Waals surface area contributed by atoms with Gasteiger partial charge in [-0.15, -0.1) is 0 Å². The Morgan fingerprint density at radius 3 is 2.27 bits per heavy atom. The summed E-state index contributed by atoms with van der Waals surface area (Å²) in [7, 11) is 1.47. The minimum Gasteiger partial charge on any atom is -0.508 e. The second-order valence-corrected chi connectivity index (χ2v) is 3.25. The first-order valence-electron chi connectivity index (χ1n) is 4.32. The molecule has 0 saturated carbocycles. The van der Waals surface area contributed by atoms with Crippen molar-refractivity contribution in [1.82, 2.24) is 0 Å². The van der Waals surface area contributed by atoms with Gasteiger partial charge in [0.25, 0.3) is 0 Å². The summed E-state index contributed by atoms with van der Waals surface area (Å²) < 4.78 is 10.4. The molecule has 0 aliphatic rings. The molecule has 0 unspecified atom stereocenters. The molecule has 0 fully saturated rings. The lowest BCUT2D eigenvalue weighted by molar-refractivity contribution is -0.169. The number of hydrogen-bond donors (Lipinski definition) is 1. The first-order valence-corrected chi connectivity index (χ1v) is 4.32. The van der Waals surface area contributed by atoms with Gasteiger partial charge in [-0.1, -0.05) is 13.2 Å². The van der Waals surface area contributed by atoms with Crippen molar-refractivity contribution in [2.24, 2.45) is 0 Å². The lowest BCUT2D eigenvalue weighted by Crippen LogP contribution is -2.26. The van der Waals surface area contributed by atoms with E-state index in [-0.39, 0.29) is 17.1 Å². The highest BCUT2D eigenvalue weighted by atomic mass is 16.7. The third kappa shape index (κ3) is 3.99. The number of ether oxygens (including phenoxy) is 2. The van der Waals surface area contributed by atoms with E-state index in [0.29, 0.717) is 6.29 Å². The normalized spacial score (nSPS) is 12.7. The lowest BCUT2D eigenvalue weighted by Gasteiger charge is -2.25. The third-order valence-corrected chi connectivity index (χ3v) is 1.73. The maximum Gasteiger partial charge on any atom is 0.204 e. The van der Waals surface area contributed by atoms with Gasteiger partial charge in [-0.3, -0.25) is 4.79 Å². The van der Waals surface area contributed by atoms with Crippen LogP contribution in [0.4, 0.5) is 0 Å². The van der Waals surface area contributed by atoms with E-state index in [2.05, 4.69) is 13.2 Å². The molecular formula is C11H16O4. The fourth-order valence-corrected chi connectivity index (χ4v) is 0.781. The molecular weight excluding hydrogens is 196 g/mol. The quantitative estimate of drug-likeness (QED) is 0.241. The summed E-state index contributed by atoms with van der Waals surface area (Å²) in [6.45, 7) is 10.1. The van der Waals surface area contributed by atoms with Gasteiger partial charge in [-0.25, -0.2) is 0 Å². The molecule has 0 aromatic carbocycles. The van der Waals surface area contributed by atoms with E-state index >= 15 is 0 Å². The highest BCUT2D eigenvalue weighted by Crippen LogP contribution is 2.20. The Balaban J connectivity index is 5.13. The number of carbonyl (C=O) groups is 1. The Morgan fingerprint density at radius 1 is 1.47 bits per heavy atom. The Bertz CT molecular complexity index is 300. The fraction of sp³-hybridized carbons (Fsp3) is 0.364. The molecule has 1 N–H and O–H groups in total. The summed E-state index contributed by atoms with van der Waals surface area (Å²) in [5.74, 6) is -1.15. The average Bonchev–Trinajstić information content (AvgIpc) is 2.16. The van der Waals surface area contributed by atoms with Crippen molar-refractivity contribution in [2.75, 3.05) is 7.11 Å². The van der Waals surface area contributed by atoms with Gasteiger partial charge in [0.05, 0.1) is 5.57 Å². The Kier molecular flexibility index (Phi) is 4.81. The molecule has 0 aliphatic carbocycles. The minimum atomic E-state index is -0.909. The van der Waals surface area contributed by atoms with Crippen molar-refractivity contribution in [3.63, 3.8) is 0 Å². The number of aliphatic hydroxyl groups is 1. The highest BCUT2D eigenvalue weighted by Gasteiger charge is 2.21. The lowest BCUT2D eigenvalue weighted by atomic mass is 10.2. The van der Waals surface area contributed by atoms with Crippen LogP contribution in [0.25, 0.3) is 0 Å². The molecule has 0 radical (unpaired) electrons. The third-order valence-electron chi connectivity index (χ3n) is 1.73. The first-order chi connectivity index (χ1) is 6.87. The monoisotopic (exact) mass is 212 g/mol. The standard InChI is InChI=1S/C11H16O4/c1-6-10(9(7-12)8(2)13)15-11(3,4)14-5/h6-7,13H,1-2H2,3-5H3/b10-9+. The number of carbonyl (C=O) groups excluding carboxylic acids is 1. The van der Waals surface area contributed by atoms with E-state index in [9.17, 15) is 4.79 Å². The molecule has 0 aromatic heterocycles. The van der Waals surface area contributed by atoms with E-state index in [1.807, 2.05) is 0 Å². The maximum absolute atomic E-state index is 10.7. The largest absolute Gasteiger partial charge is 0.508 e. The number of hydrogen-bond acceptors (Lipinski definition) is 4. The van der Waals surface area contributed by atoms with Gasteiger partial charge in [0, 0.05) is 21.0 Å². The predicted molar refractivity (Wildman–Crippen MR) is 57.2 cm³/mol. The van der Waals surface area contributed by atoms with Crippen LogP contribution >= 0.6 is 0 Å². The Labute approximate surface area is 89.5 Å². The van der Waals surface area contributed by atoms with E-state index < -0.39 is 5.79 Å². The number of rotatable bonds is 6. The van der Waals surface area contributed by atoms with Crippen molar-refractivity contribution in [1.29, 1.82) is 0 Å². The number of allylic oxidation sites excluding steroid dienone is 2. The zero-order valence-electron chi connectivity index (χ0n) is 9.24. The second-order valence-electron chi connectivity index (χ2n) is 3.25. The fourth-order valence-electron chi connectivity index (χ4n) is 0.781. The van der Waals surface area contributed by atoms with Gasteiger partial charge in [-0.2, -0.15) is 0 Å². The molecule has 0 rings (SSSR count). The minimum absolute atomic E-state index is 0.0462. The smallest absolute Gasteiger partial charge is 0.204 e. The molecule has 0 bridgehead atoms. The molecule has 0 aliphatic heterocycles. The second kappa shape index (κ2) is 5.36. The summed E-state index contributed by atoms with van der Waals surface area (Å²) in [6.07, 6.45) is 1.76. The van der Waals surface area contributed by atoms with Crippen molar-refractivity contribution in [2.45, 2.75) is 19.6 Å². The molecule has 4 nitrogen and oxygen atoms in total. The van der Waals surface area contributed by atoms with Crippen LogP contribution in [0.3, 0.4) is 0 Å². The molecule has 84 valence electrons. The van der Waals surface area contributed by atoms with Crippen LogP contribution in [0.5, 0.6) is 0 Å². The van der Waals surface area contributed by atoms with Gasteiger partial charge < -0.3 is 14.6 Å². The van der Waals surface area contributed by atoms with Gasteiger partial charge >= 0.3 is 0 Å². The topological polar surface area (TPSA) is 55.8 Å². The molecule has 0 heterocycles. The Hall–Kier alpha value is -1.55. The van der Waals surface area contributed by atoms with Crippen LogP contribution in [-0.2, 0) is 14.3 Å². The molecule has 0 amide bonds. The summed E-state index contributed by atoms with van der Waals surface area (Å²) in [5.41, 5.74) is -0.0462. The Morgan fingerprint density at radius 2 is 2.00 bits per heavy atom. The zero-order valence-corrected chi connectivity index (χ0v) is 9.24. The van der Waals surface area contributed by atoms with E-state index in [0.717, 1.165) is 0 Å². The van der Waals surface area contributed by atoms with Crippen LogP contribution in [0.1, 0.15) is 13.8 Å². The molecule has 4 heteroatoms. The zero-order chi connectivity index (χ0) is 12.1. The first kappa shape index (κ1) is 13.4. The maximum atomic E-state index is 10.7. The average molecular weight is 212 g/mol. The van der Waals surface area contributed by atoms with Crippen LogP contribution in [-0.4, -0.2) is 24.3 Å². The summed E-state index contributed by atoms with van der Waals surface area (Å²) in [5, 5.41) is 9.13. The van der Waals surface area contributed by atoms with Crippen molar-refractivity contribution in [3.05, 3.63) is 36.3 Å². The van der Waals surface area contributed by atoms with Gasteiger partial charge in [-0.05, 0) is 6.08 Å². The van der Waals surface area contributed by atoms with E-state index in [1.54, 1.807) is 13.8 Å². The number of aldehydes is 1. The molecule has 0 atom stereocenters. The van der Waals surface area contributed by atoms with Gasteiger partial charge in [0.15, 0.2) is 6.29 Å². The van der Waals surface area contributed by atoms with Crippen LogP contribution in [0.2, 0.25) is 0 Å². The van der Waals surface area contributed by atoms with E-state index in [4.69, 9.17) is 14.6 Å². The van der Waals surface area contributed by atoms with Crippen molar-refractivity contribution < 1.29 is 19.4 Å².